The Labute approximate surface area is 261 Å². The number of ether oxygens (including phenoxy) is 2. The number of aromatic nitrogens is 1. The number of piperidine rings is 1. The molecule has 0 bridgehead atoms. The number of nitrogens with zero attached hydrogens (tertiary/aromatic N) is 3. The van der Waals surface area contributed by atoms with Crippen molar-refractivity contribution in [3.05, 3.63) is 70.7 Å². The van der Waals surface area contributed by atoms with Crippen LogP contribution in [-0.2, 0) is 22.5 Å². The molecule has 0 unspecified atom stereocenters. The number of aryl methyl sites for hydroxylation is 1. The first-order chi connectivity index (χ1) is 21.7. The van der Waals surface area contributed by atoms with Crippen LogP contribution in [0.2, 0.25) is 0 Å². The number of benzene rings is 2. The van der Waals surface area contributed by atoms with Crippen LogP contribution in [0, 0.1) is 22.9 Å². The molecule has 0 radical (unpaired) electrons. The lowest BCUT2D eigenvalue weighted by atomic mass is 9.71. The van der Waals surface area contributed by atoms with E-state index in [2.05, 4.69) is 14.8 Å². The fraction of sp³-hybridized carbons (Fsp3) is 0.529. The zero-order chi connectivity index (χ0) is 32.0. The van der Waals surface area contributed by atoms with Gasteiger partial charge in [-0.05, 0) is 105 Å². The number of halogens is 4. The topological polar surface area (TPSA) is 75.1 Å². The van der Waals surface area contributed by atoms with Crippen molar-refractivity contribution in [2.24, 2.45) is 5.41 Å². The normalized spacial score (nSPS) is 18.2. The average Bonchev–Trinajstić information content (AvgIpc) is 3.03. The molecule has 3 aromatic rings. The molecular formula is C34H41F4N3O4. The molecule has 0 aliphatic carbocycles. The molecule has 1 N–H and O–H groups in total. The molecule has 2 aromatic carbocycles. The first kappa shape index (κ1) is 33.1. The smallest absolute Gasteiger partial charge is 0.303 e. The Morgan fingerprint density at radius 3 is 2.44 bits per heavy atom. The quantitative estimate of drug-likeness (QED) is 0.171. The van der Waals surface area contributed by atoms with Crippen molar-refractivity contribution < 1.29 is 36.9 Å². The lowest BCUT2D eigenvalue weighted by Crippen LogP contribution is -2.41. The van der Waals surface area contributed by atoms with E-state index in [0.29, 0.717) is 99.3 Å². The number of methoxy groups -OCH3 is 1. The number of hydrogen-bond donors (Lipinski definition) is 1. The van der Waals surface area contributed by atoms with E-state index >= 15 is 4.39 Å². The highest BCUT2D eigenvalue weighted by atomic mass is 19.2. The van der Waals surface area contributed by atoms with Crippen LogP contribution in [0.4, 0.5) is 17.6 Å². The van der Waals surface area contributed by atoms with Crippen LogP contribution >= 0.6 is 0 Å². The molecule has 244 valence electrons. The highest BCUT2D eigenvalue weighted by Crippen LogP contribution is 2.43. The number of fused-ring (bicyclic) bond motifs is 1. The first-order valence-electron chi connectivity index (χ1n) is 15.6. The van der Waals surface area contributed by atoms with Crippen LogP contribution in [0.3, 0.4) is 0 Å². The minimum Gasteiger partial charge on any atom is -0.497 e. The van der Waals surface area contributed by atoms with Crippen LogP contribution in [-0.4, -0.2) is 78.9 Å². The van der Waals surface area contributed by atoms with Gasteiger partial charge in [-0.1, -0.05) is 0 Å². The van der Waals surface area contributed by atoms with Gasteiger partial charge in [-0.25, -0.2) is 17.6 Å². The monoisotopic (exact) mass is 631 g/mol. The number of alkyl halides is 1. The number of rotatable bonds is 13. The Kier molecular flexibility index (Phi) is 10.9. The fourth-order valence-corrected chi connectivity index (χ4v) is 6.78. The van der Waals surface area contributed by atoms with E-state index in [1.54, 1.807) is 19.4 Å². The summed E-state index contributed by atoms with van der Waals surface area (Å²) < 4.78 is 67.9. The molecule has 2 saturated heterocycles. The number of carbonyl (C=O) groups is 1. The third kappa shape index (κ3) is 8.31. The van der Waals surface area contributed by atoms with Crippen LogP contribution in [0.1, 0.15) is 61.4 Å². The van der Waals surface area contributed by atoms with Gasteiger partial charge in [0.05, 0.1) is 32.3 Å². The summed E-state index contributed by atoms with van der Waals surface area (Å²) in [6.07, 6.45) is 3.24. The van der Waals surface area contributed by atoms with Gasteiger partial charge in [0.2, 0.25) is 0 Å². The molecular weight excluding hydrogens is 590 g/mol. The summed E-state index contributed by atoms with van der Waals surface area (Å²) in [5, 5.41) is 10.5. The van der Waals surface area contributed by atoms with Crippen LogP contribution in [0.15, 0.2) is 36.5 Å². The largest absolute Gasteiger partial charge is 0.497 e. The van der Waals surface area contributed by atoms with Gasteiger partial charge >= 0.3 is 5.97 Å². The summed E-state index contributed by atoms with van der Waals surface area (Å²) in [5.74, 6) is -4.14. The lowest BCUT2D eigenvalue weighted by Gasteiger charge is -2.41. The molecule has 1 atom stereocenters. The number of pyridine rings is 1. The molecule has 45 heavy (non-hydrogen) atoms. The Hall–Kier alpha value is -3.28. The molecule has 11 heteroatoms. The maximum Gasteiger partial charge on any atom is 0.303 e. The maximum atomic E-state index is 16.5. The van der Waals surface area contributed by atoms with E-state index in [0.717, 1.165) is 30.8 Å². The molecule has 0 saturated carbocycles. The van der Waals surface area contributed by atoms with Gasteiger partial charge in [0.1, 0.15) is 11.9 Å². The number of carboxylic acid groups (broad SMARTS) is 1. The summed E-state index contributed by atoms with van der Waals surface area (Å²) in [6, 6.07) is 7.50. The molecule has 7 nitrogen and oxygen atoms in total. The van der Waals surface area contributed by atoms with Crippen molar-refractivity contribution in [2.75, 3.05) is 53.0 Å². The third-order valence-electron chi connectivity index (χ3n) is 9.36. The highest BCUT2D eigenvalue weighted by molar-refractivity contribution is 5.85. The average molecular weight is 632 g/mol. The second-order valence-corrected chi connectivity index (χ2v) is 12.4. The van der Waals surface area contributed by atoms with Gasteiger partial charge in [0.15, 0.2) is 17.5 Å². The molecule has 0 amide bonds. The molecule has 1 aromatic heterocycles. The van der Waals surface area contributed by atoms with Crippen LogP contribution < -0.4 is 4.74 Å². The van der Waals surface area contributed by atoms with Crippen molar-refractivity contribution >= 4 is 16.9 Å². The molecule has 2 aliphatic rings. The van der Waals surface area contributed by atoms with Crippen molar-refractivity contribution in [3.8, 4) is 5.75 Å². The number of likely N-dealkylation sites (tertiary alicyclic amines) is 1. The SMILES string of the molecule is COc1ccc2ncc(CN3CCOCC3)c([C@@H](F)CCC3(CC(=O)O)CCN(CCCc4cc(F)c(F)c(F)c4)CC3)c2c1. The zero-order valence-electron chi connectivity index (χ0n) is 25.7. The number of aliphatic carboxylic acids is 1. The first-order valence-corrected chi connectivity index (χ1v) is 15.6. The zero-order valence-corrected chi connectivity index (χ0v) is 25.7. The van der Waals surface area contributed by atoms with E-state index < -0.39 is 35.0 Å². The Morgan fingerprint density at radius 1 is 1.07 bits per heavy atom. The van der Waals surface area contributed by atoms with Crippen molar-refractivity contribution in [2.45, 2.75) is 57.7 Å². The van der Waals surface area contributed by atoms with Crippen LogP contribution in [0.5, 0.6) is 5.75 Å². The lowest BCUT2D eigenvalue weighted by molar-refractivity contribution is -0.141. The van der Waals surface area contributed by atoms with E-state index in [4.69, 9.17) is 9.47 Å². The summed E-state index contributed by atoms with van der Waals surface area (Å²) in [6.45, 7) is 5.26. The minimum atomic E-state index is -1.47. The van der Waals surface area contributed by atoms with E-state index in [1.165, 1.54) is 0 Å². The van der Waals surface area contributed by atoms with Gasteiger partial charge in [-0.15, -0.1) is 0 Å². The van der Waals surface area contributed by atoms with Crippen molar-refractivity contribution in [3.63, 3.8) is 0 Å². The molecule has 0 spiro atoms. The summed E-state index contributed by atoms with van der Waals surface area (Å²) in [7, 11) is 1.57. The standard InChI is InChI=1S/C34H41F4N3O4/c1-44-25-4-5-30-26(19-25)32(24(21-39-30)22-41-13-15-45-16-14-41)27(35)6-7-34(20-31(42)43)8-11-40(12-9-34)10-2-3-23-17-28(36)33(38)29(37)18-23/h4-5,17-19,21,27H,2-3,6-16,20,22H2,1H3,(H,42,43)/t27-/m0/s1. The molecule has 3 heterocycles. The van der Waals surface area contributed by atoms with E-state index in [9.17, 15) is 23.1 Å². The molecule has 2 fully saturated rings. The van der Waals surface area contributed by atoms with Crippen LogP contribution in [0.25, 0.3) is 10.9 Å². The van der Waals surface area contributed by atoms with Gasteiger partial charge < -0.3 is 19.5 Å². The highest BCUT2D eigenvalue weighted by Gasteiger charge is 2.37. The predicted molar refractivity (Wildman–Crippen MR) is 162 cm³/mol. The number of carboxylic acids is 1. The third-order valence-corrected chi connectivity index (χ3v) is 9.36. The predicted octanol–water partition coefficient (Wildman–Crippen LogP) is 6.47. The fourth-order valence-electron chi connectivity index (χ4n) is 6.78. The second-order valence-electron chi connectivity index (χ2n) is 12.4. The van der Waals surface area contributed by atoms with Gasteiger partial charge in [0.25, 0.3) is 0 Å². The summed E-state index contributed by atoms with van der Waals surface area (Å²) in [5.41, 5.74) is 1.93. The summed E-state index contributed by atoms with van der Waals surface area (Å²) >= 11 is 0. The van der Waals surface area contributed by atoms with Gasteiger partial charge in [-0.3, -0.25) is 14.7 Å². The Morgan fingerprint density at radius 2 is 1.78 bits per heavy atom. The number of morpholine rings is 1. The molecule has 5 rings (SSSR count). The maximum absolute atomic E-state index is 16.5. The minimum absolute atomic E-state index is 0.0345. The van der Waals surface area contributed by atoms with Gasteiger partial charge in [-0.2, -0.15) is 0 Å². The Bertz CT molecular complexity index is 1450. The number of hydrogen-bond acceptors (Lipinski definition) is 6. The Balaban J connectivity index is 1.26. The summed E-state index contributed by atoms with van der Waals surface area (Å²) in [4.78, 5) is 21.0. The second kappa shape index (κ2) is 14.9. The van der Waals surface area contributed by atoms with E-state index in [-0.39, 0.29) is 12.8 Å². The van der Waals surface area contributed by atoms with Crippen molar-refractivity contribution in [1.82, 2.24) is 14.8 Å². The van der Waals surface area contributed by atoms with E-state index in [1.807, 2.05) is 12.1 Å². The van der Waals surface area contributed by atoms with Gasteiger partial charge in [0, 0.05) is 36.8 Å². The van der Waals surface area contributed by atoms with Crippen molar-refractivity contribution in [1.29, 1.82) is 0 Å². The molecule has 2 aliphatic heterocycles.